The number of aryl methyl sites for hydroxylation is 1. The molecule has 9 nitrogen and oxygen atoms in total. The van der Waals surface area contributed by atoms with E-state index in [1.54, 1.807) is 36.1 Å². The van der Waals surface area contributed by atoms with Crippen LogP contribution in [0.2, 0.25) is 0 Å². The number of hydrogen-bond acceptors (Lipinski definition) is 7. The zero-order valence-electron chi connectivity index (χ0n) is 17.8. The molecule has 0 radical (unpaired) electrons. The second-order valence-corrected chi connectivity index (χ2v) is 7.20. The monoisotopic (exact) mass is 422 g/mol. The third-order valence-corrected chi connectivity index (χ3v) is 5.38. The molecule has 4 rings (SSSR count). The Hall–Kier alpha value is -3.62. The fourth-order valence-electron chi connectivity index (χ4n) is 3.56. The highest BCUT2D eigenvalue weighted by molar-refractivity contribution is 5.94. The zero-order valence-corrected chi connectivity index (χ0v) is 17.8. The Morgan fingerprint density at radius 1 is 0.968 bits per heavy atom. The topological polar surface area (TPSA) is 85.6 Å². The van der Waals surface area contributed by atoms with Crippen molar-refractivity contribution in [3.8, 4) is 11.5 Å². The molecule has 9 heteroatoms. The number of nitrogens with zero attached hydrogens (tertiary/aromatic N) is 6. The van der Waals surface area contributed by atoms with Gasteiger partial charge in [-0.3, -0.25) is 4.79 Å². The quantitative estimate of drug-likeness (QED) is 0.577. The van der Waals surface area contributed by atoms with Gasteiger partial charge in [0.1, 0.15) is 18.1 Å². The van der Waals surface area contributed by atoms with E-state index in [1.807, 2.05) is 36.1 Å². The van der Waals surface area contributed by atoms with Crippen LogP contribution in [0.5, 0.6) is 11.5 Å². The van der Waals surface area contributed by atoms with E-state index in [0.29, 0.717) is 36.8 Å². The Labute approximate surface area is 181 Å². The van der Waals surface area contributed by atoms with Crippen LogP contribution in [0.25, 0.3) is 0 Å². The predicted molar refractivity (Wildman–Crippen MR) is 115 cm³/mol. The Morgan fingerprint density at radius 2 is 1.65 bits per heavy atom. The summed E-state index contributed by atoms with van der Waals surface area (Å²) in [5.41, 5.74) is 1.80. The summed E-state index contributed by atoms with van der Waals surface area (Å²) in [6.45, 7) is 5.89. The highest BCUT2D eigenvalue weighted by Crippen LogP contribution is 2.21. The van der Waals surface area contributed by atoms with Crippen LogP contribution >= 0.6 is 0 Å². The van der Waals surface area contributed by atoms with E-state index in [-0.39, 0.29) is 12.5 Å². The van der Waals surface area contributed by atoms with Crippen LogP contribution in [0.3, 0.4) is 0 Å². The van der Waals surface area contributed by atoms with E-state index in [9.17, 15) is 4.79 Å². The Kier molecular flexibility index (Phi) is 6.30. The average molecular weight is 422 g/mol. The Morgan fingerprint density at radius 3 is 2.29 bits per heavy atom. The van der Waals surface area contributed by atoms with Crippen molar-refractivity contribution < 1.29 is 14.3 Å². The first-order chi connectivity index (χ1) is 15.2. The molecule has 1 aromatic heterocycles. The van der Waals surface area contributed by atoms with Crippen LogP contribution in [0.15, 0.2) is 48.5 Å². The first-order valence-corrected chi connectivity index (χ1v) is 10.3. The number of tetrazole rings is 1. The third-order valence-electron chi connectivity index (χ3n) is 5.38. The molecule has 0 aliphatic carbocycles. The summed E-state index contributed by atoms with van der Waals surface area (Å²) in [6, 6.07) is 15.2. The SMILES string of the molecule is CCn1nnnc1COc1ccc(C(=O)N2CCN(c3ccc(OC)cc3)CC2)cc1. The molecule has 1 aliphatic rings. The number of rotatable bonds is 7. The van der Waals surface area contributed by atoms with Crippen molar-refractivity contribution in [3.05, 3.63) is 59.9 Å². The second-order valence-electron chi connectivity index (χ2n) is 7.20. The second kappa shape index (κ2) is 9.46. The molecule has 1 saturated heterocycles. The molecule has 1 aliphatic heterocycles. The van der Waals surface area contributed by atoms with E-state index in [1.165, 1.54) is 0 Å². The molecule has 0 atom stereocenters. The highest BCUT2D eigenvalue weighted by atomic mass is 16.5. The normalized spacial score (nSPS) is 13.9. The summed E-state index contributed by atoms with van der Waals surface area (Å²) in [7, 11) is 1.66. The van der Waals surface area contributed by atoms with Gasteiger partial charge in [-0.2, -0.15) is 0 Å². The number of amides is 1. The predicted octanol–water partition coefficient (Wildman–Crippen LogP) is 2.24. The smallest absolute Gasteiger partial charge is 0.253 e. The molecule has 31 heavy (non-hydrogen) atoms. The standard InChI is InChI=1S/C22H26N6O3/c1-3-28-21(23-24-25-28)16-31-20-8-4-17(5-9-20)22(29)27-14-12-26(13-15-27)18-6-10-19(30-2)11-7-18/h4-11H,3,12-16H2,1-2H3. The summed E-state index contributed by atoms with van der Waals surface area (Å²) in [5, 5.41) is 11.5. The van der Waals surface area contributed by atoms with Gasteiger partial charge in [0, 0.05) is 44.0 Å². The lowest BCUT2D eigenvalue weighted by Gasteiger charge is -2.36. The van der Waals surface area contributed by atoms with Crippen LogP contribution < -0.4 is 14.4 Å². The lowest BCUT2D eigenvalue weighted by molar-refractivity contribution is 0.0746. The molecule has 0 unspecified atom stereocenters. The fraction of sp³-hybridized carbons (Fsp3) is 0.364. The number of ether oxygens (including phenoxy) is 2. The lowest BCUT2D eigenvalue weighted by Crippen LogP contribution is -2.48. The number of hydrogen-bond donors (Lipinski definition) is 0. The van der Waals surface area contributed by atoms with Crippen molar-refractivity contribution in [1.29, 1.82) is 0 Å². The molecule has 1 fully saturated rings. The van der Waals surface area contributed by atoms with Crippen molar-refractivity contribution in [2.45, 2.75) is 20.1 Å². The highest BCUT2D eigenvalue weighted by Gasteiger charge is 2.22. The lowest BCUT2D eigenvalue weighted by atomic mass is 10.1. The summed E-state index contributed by atoms with van der Waals surface area (Å²) in [4.78, 5) is 17.1. The van der Waals surface area contributed by atoms with Crippen molar-refractivity contribution in [2.24, 2.45) is 0 Å². The molecular formula is C22H26N6O3. The van der Waals surface area contributed by atoms with Gasteiger partial charge in [0.2, 0.25) is 0 Å². The van der Waals surface area contributed by atoms with Gasteiger partial charge in [0.15, 0.2) is 5.82 Å². The average Bonchev–Trinajstić information content (AvgIpc) is 3.30. The molecule has 0 spiro atoms. The summed E-state index contributed by atoms with van der Waals surface area (Å²) in [6.07, 6.45) is 0. The van der Waals surface area contributed by atoms with E-state index in [0.717, 1.165) is 24.5 Å². The maximum atomic E-state index is 12.9. The number of piperazine rings is 1. The van der Waals surface area contributed by atoms with Crippen LogP contribution in [0.1, 0.15) is 23.1 Å². The minimum Gasteiger partial charge on any atom is -0.497 e. The van der Waals surface area contributed by atoms with Crippen molar-refractivity contribution in [3.63, 3.8) is 0 Å². The molecule has 1 amide bonds. The van der Waals surface area contributed by atoms with Crippen LogP contribution in [-0.2, 0) is 13.2 Å². The minimum atomic E-state index is 0.0378. The van der Waals surface area contributed by atoms with Gasteiger partial charge >= 0.3 is 0 Å². The molecular weight excluding hydrogens is 396 g/mol. The van der Waals surface area contributed by atoms with Gasteiger partial charge in [-0.25, -0.2) is 4.68 Å². The Balaban J connectivity index is 1.30. The molecule has 2 heterocycles. The molecule has 2 aromatic carbocycles. The maximum Gasteiger partial charge on any atom is 0.253 e. The summed E-state index contributed by atoms with van der Waals surface area (Å²) < 4.78 is 12.6. The Bertz CT molecular complexity index is 995. The summed E-state index contributed by atoms with van der Waals surface area (Å²) in [5.74, 6) is 2.22. The number of carbonyl (C=O) groups excluding carboxylic acids is 1. The molecule has 162 valence electrons. The largest absolute Gasteiger partial charge is 0.497 e. The maximum absolute atomic E-state index is 12.9. The molecule has 0 bridgehead atoms. The van der Waals surface area contributed by atoms with Crippen LogP contribution in [-0.4, -0.2) is 64.3 Å². The van der Waals surface area contributed by atoms with E-state index in [2.05, 4.69) is 20.4 Å². The van der Waals surface area contributed by atoms with Crippen molar-refractivity contribution >= 4 is 11.6 Å². The first kappa shape index (κ1) is 20.6. The first-order valence-electron chi connectivity index (χ1n) is 10.3. The van der Waals surface area contributed by atoms with E-state index >= 15 is 0 Å². The van der Waals surface area contributed by atoms with Gasteiger partial charge in [0.05, 0.1) is 7.11 Å². The summed E-state index contributed by atoms with van der Waals surface area (Å²) >= 11 is 0. The van der Waals surface area contributed by atoms with Gasteiger partial charge in [-0.1, -0.05) is 0 Å². The molecule has 3 aromatic rings. The number of carbonyl (C=O) groups is 1. The number of anilines is 1. The number of methoxy groups -OCH3 is 1. The van der Waals surface area contributed by atoms with Crippen LogP contribution in [0.4, 0.5) is 5.69 Å². The zero-order chi connectivity index (χ0) is 21.6. The third kappa shape index (κ3) is 4.76. The number of benzene rings is 2. The van der Waals surface area contributed by atoms with Gasteiger partial charge in [-0.05, 0) is 65.9 Å². The fourth-order valence-corrected chi connectivity index (χ4v) is 3.56. The van der Waals surface area contributed by atoms with Gasteiger partial charge < -0.3 is 19.3 Å². The minimum absolute atomic E-state index is 0.0378. The van der Waals surface area contributed by atoms with Crippen molar-refractivity contribution in [1.82, 2.24) is 25.1 Å². The molecule has 0 saturated carbocycles. The van der Waals surface area contributed by atoms with E-state index in [4.69, 9.17) is 9.47 Å². The van der Waals surface area contributed by atoms with Gasteiger partial charge in [0.25, 0.3) is 5.91 Å². The van der Waals surface area contributed by atoms with E-state index < -0.39 is 0 Å². The van der Waals surface area contributed by atoms with Gasteiger partial charge in [-0.15, -0.1) is 5.10 Å². The molecule has 0 N–H and O–H groups in total. The van der Waals surface area contributed by atoms with Crippen LogP contribution in [0, 0.1) is 0 Å². The van der Waals surface area contributed by atoms with Crippen molar-refractivity contribution in [2.75, 3.05) is 38.2 Å². The number of aromatic nitrogens is 4.